The van der Waals surface area contributed by atoms with Crippen molar-refractivity contribution in [2.24, 2.45) is 58.7 Å². The minimum absolute atomic E-state index is 0. The minimum atomic E-state index is -0.742. The summed E-state index contributed by atoms with van der Waals surface area (Å²) in [4.78, 5) is 0. The summed E-state index contributed by atoms with van der Waals surface area (Å²) >= 11 is 0. The number of epoxide rings is 1. The van der Waals surface area contributed by atoms with Crippen molar-refractivity contribution < 1.29 is 35.4 Å². The van der Waals surface area contributed by atoms with E-state index in [0.717, 1.165) is 95.0 Å². The van der Waals surface area contributed by atoms with Crippen LogP contribution in [0.5, 0.6) is 0 Å². The zero-order valence-electron chi connectivity index (χ0n) is 48.5. The standard InChI is InChI=1S/C11H19O2.3C11H20O.2C10H16O.9CH4/c1-8(2)9-4-5-11(3,13)10(6-9)7-12;1-8(2)9-5-6-11(3,4)10(12)7-9;2*1-8(2)10-5-6-11(4,12)9(3)7-10;1-7(2)8-4-5-10(3)9(6-8)11-10;1-8(2)9-4-6-10(3,11)7-5-9;;;;;;;;;/h9-10,13H,1,4-7H2,2-3H3;3*9-10,12H,1,5-7H2,2-4H3;8-9H,1,4-6H2,2-3H3;4,6,9,11H,1,5,7H2,2-3H3;9*1H4/q-1;;;;;;;;;;;;;;/t9-,10-,11+;9-,10?;2*9-,10+,11-;8-,9?,10?;9-,10+;;;;;;;;;/m110010........./s1. The van der Waals surface area contributed by atoms with Gasteiger partial charge < -0.3 is 35.4 Å². The van der Waals surface area contributed by atoms with Crippen LogP contribution >= 0.6 is 0 Å². The molecule has 1 aliphatic heterocycles. The van der Waals surface area contributed by atoms with Crippen LogP contribution in [0.3, 0.4) is 0 Å². The number of fused-ring (bicyclic) bond motifs is 1. The van der Waals surface area contributed by atoms with Gasteiger partial charge in [0.2, 0.25) is 0 Å². The number of rotatable bonds is 7. The maximum Gasteiger partial charge on any atom is 0.0920 e. The van der Waals surface area contributed by atoms with E-state index in [9.17, 15) is 30.6 Å². The van der Waals surface area contributed by atoms with E-state index < -0.39 is 22.4 Å². The van der Waals surface area contributed by atoms with Gasteiger partial charge in [0, 0.05) is 0 Å². The first-order valence-electron chi connectivity index (χ1n) is 27.8. The van der Waals surface area contributed by atoms with Gasteiger partial charge in [0.1, 0.15) is 0 Å². The molecule has 0 bridgehead atoms. The molecule has 5 N–H and O–H groups in total. The van der Waals surface area contributed by atoms with E-state index in [4.69, 9.17) is 4.74 Å². The normalized spacial score (nSPS) is 36.3. The fraction of sp³-hybridized carbons (Fsp3) is 0.808. The first-order chi connectivity index (χ1) is 32.4. The Morgan fingerprint density at radius 3 is 1.11 bits per heavy atom. The zero-order chi connectivity index (χ0) is 54.7. The predicted octanol–water partition coefficient (Wildman–Crippen LogP) is 19.9. The smallest absolute Gasteiger partial charge is 0.0920 e. The Labute approximate surface area is 503 Å². The van der Waals surface area contributed by atoms with Crippen molar-refractivity contribution in [1.82, 2.24) is 0 Å². The third-order valence-electron chi connectivity index (χ3n) is 18.9. The van der Waals surface area contributed by atoms with Crippen molar-refractivity contribution >= 4 is 0 Å². The van der Waals surface area contributed by atoms with Crippen LogP contribution in [0.25, 0.3) is 0 Å². The number of aliphatic hydroxyl groups is 5. The summed E-state index contributed by atoms with van der Waals surface area (Å²) in [6, 6.07) is 0. The molecule has 0 amide bonds. The summed E-state index contributed by atoms with van der Waals surface area (Å²) in [5.74, 6) is 4.21. The highest BCUT2D eigenvalue weighted by atomic mass is 16.6. The molecule has 5 saturated carbocycles. The van der Waals surface area contributed by atoms with Crippen LogP contribution in [0.1, 0.15) is 280 Å². The fourth-order valence-corrected chi connectivity index (χ4v) is 11.3. The molecule has 1 heterocycles. The number of hydrogen-bond donors (Lipinski definition) is 5. The predicted molar refractivity (Wildman–Crippen MR) is 360 cm³/mol. The number of ether oxygens (including phenoxy) is 1. The zero-order valence-corrected chi connectivity index (χ0v) is 48.5. The van der Waals surface area contributed by atoms with E-state index in [-0.39, 0.29) is 96.5 Å². The average Bonchev–Trinajstić information content (AvgIpc) is 3.95. The lowest BCUT2D eigenvalue weighted by Crippen LogP contribution is -2.45. The minimum Gasteiger partial charge on any atom is -0.854 e. The molecule has 6 fully saturated rings. The molecular formula is C73H147O7-. The average molecular weight is 1140 g/mol. The van der Waals surface area contributed by atoms with Crippen molar-refractivity contribution in [2.75, 3.05) is 6.61 Å². The van der Waals surface area contributed by atoms with Gasteiger partial charge in [-0.25, -0.2) is 0 Å². The number of allylic oxidation sites excluding steroid dienone is 7. The van der Waals surface area contributed by atoms with Gasteiger partial charge in [-0.05, 0) is 244 Å². The van der Waals surface area contributed by atoms with Gasteiger partial charge in [0.05, 0.1) is 40.2 Å². The van der Waals surface area contributed by atoms with Crippen LogP contribution in [-0.4, -0.2) is 72.4 Å². The van der Waals surface area contributed by atoms with Crippen LogP contribution < -0.4 is 5.11 Å². The highest BCUT2D eigenvalue weighted by Crippen LogP contribution is 2.50. The molecule has 0 aromatic heterocycles. The molecular weight excluding hydrogens is 989 g/mol. The lowest BCUT2D eigenvalue weighted by molar-refractivity contribution is -0.389. The third-order valence-corrected chi connectivity index (χ3v) is 18.9. The van der Waals surface area contributed by atoms with E-state index in [2.05, 4.69) is 108 Å². The molecule has 7 rings (SSSR count). The van der Waals surface area contributed by atoms with Crippen LogP contribution in [0.15, 0.2) is 85.1 Å². The molecule has 80 heavy (non-hydrogen) atoms. The van der Waals surface area contributed by atoms with Crippen LogP contribution in [-0.2, 0) is 4.74 Å². The molecule has 7 nitrogen and oxygen atoms in total. The SMILES string of the molecule is C.C.C.C.C.C.C.C.C.C=C(C)[C@@H]1CCC(C)(C)C(O)C1.C=C(C)[C@@H]1CCC2(C)OC2C1.C=C(C)[C@@H]1CC[C@](C)(O)[C@@H](C)C1.C=C(C)[C@@H]1CC[C@](C)(O)[C@@H](C)C1.C=C(C)[C@@H]1CC[C@](C)(O)[C@@H](C[O-])C1.C=C(C)[C@H]1C=C[C@@](C)(O)CC1. The van der Waals surface area contributed by atoms with E-state index in [0.29, 0.717) is 47.5 Å². The monoisotopic (exact) mass is 1140 g/mol. The molecule has 0 aromatic carbocycles. The molecule has 7 aliphatic rings. The number of hydrogen-bond acceptors (Lipinski definition) is 7. The van der Waals surface area contributed by atoms with Crippen molar-refractivity contribution in [3.63, 3.8) is 0 Å². The second kappa shape index (κ2) is 39.5. The Kier molecular flexibility index (Phi) is 46.6. The largest absolute Gasteiger partial charge is 0.854 e. The Morgan fingerprint density at radius 2 is 0.800 bits per heavy atom. The van der Waals surface area contributed by atoms with Crippen LogP contribution in [0.4, 0.5) is 0 Å². The van der Waals surface area contributed by atoms with Gasteiger partial charge in [-0.1, -0.05) is 180 Å². The molecule has 482 valence electrons. The van der Waals surface area contributed by atoms with Crippen LogP contribution in [0, 0.1) is 58.7 Å². The molecule has 0 aromatic rings. The Bertz CT molecular complexity index is 1700. The lowest BCUT2D eigenvalue weighted by Gasteiger charge is -2.42. The summed E-state index contributed by atoms with van der Waals surface area (Å²) in [6.45, 7) is 54.3. The van der Waals surface area contributed by atoms with Gasteiger partial charge in [-0.2, -0.15) is 0 Å². The molecule has 7 heteroatoms. The Morgan fingerprint density at radius 1 is 0.463 bits per heavy atom. The quantitative estimate of drug-likeness (QED) is 0.126. The molecule has 3 unspecified atom stereocenters. The van der Waals surface area contributed by atoms with E-state index in [1.54, 1.807) is 6.92 Å². The summed E-state index contributed by atoms with van der Waals surface area (Å²) < 4.78 is 5.60. The van der Waals surface area contributed by atoms with Gasteiger partial charge in [-0.15, -0.1) is 6.61 Å². The number of aliphatic hydroxyl groups excluding tert-OH is 1. The molecule has 6 aliphatic carbocycles. The summed E-state index contributed by atoms with van der Waals surface area (Å²) in [6.07, 6.45) is 21.9. The summed E-state index contributed by atoms with van der Waals surface area (Å²) in [5.41, 5.74) is 5.64. The summed E-state index contributed by atoms with van der Waals surface area (Å²) in [7, 11) is 0. The van der Waals surface area contributed by atoms with Crippen LogP contribution in [0.2, 0.25) is 0 Å². The van der Waals surface area contributed by atoms with Gasteiger partial charge in [-0.3, -0.25) is 0 Å². The maximum atomic E-state index is 10.9. The summed E-state index contributed by atoms with van der Waals surface area (Å²) in [5, 5.41) is 60.0. The van der Waals surface area contributed by atoms with Crippen molar-refractivity contribution in [3.8, 4) is 0 Å². The van der Waals surface area contributed by atoms with E-state index in [1.807, 2.05) is 40.7 Å². The first kappa shape index (κ1) is 94.3. The van der Waals surface area contributed by atoms with Crippen molar-refractivity contribution in [3.05, 3.63) is 85.1 Å². The highest BCUT2D eigenvalue weighted by Gasteiger charge is 2.55. The van der Waals surface area contributed by atoms with Gasteiger partial charge in [0.25, 0.3) is 0 Å². The molecule has 0 spiro atoms. The fourth-order valence-electron chi connectivity index (χ4n) is 11.3. The second-order valence-corrected chi connectivity index (χ2v) is 26.5. The van der Waals surface area contributed by atoms with Crippen molar-refractivity contribution in [2.45, 2.75) is 320 Å². The highest BCUT2D eigenvalue weighted by molar-refractivity contribution is 5.15. The Balaban J connectivity index is -0.000000127. The molecule has 16 atom stereocenters. The second-order valence-electron chi connectivity index (χ2n) is 26.5. The molecule has 0 radical (unpaired) electrons. The molecule has 1 saturated heterocycles. The topological polar surface area (TPSA) is 137 Å². The Hall–Kier alpha value is -2.10. The maximum absolute atomic E-state index is 10.9. The lowest BCUT2D eigenvalue weighted by atomic mass is 9.69. The third kappa shape index (κ3) is 30.1. The van der Waals surface area contributed by atoms with E-state index in [1.165, 1.54) is 53.5 Å². The first-order valence-corrected chi connectivity index (χ1v) is 27.8. The van der Waals surface area contributed by atoms with Crippen molar-refractivity contribution in [1.29, 1.82) is 0 Å². The van der Waals surface area contributed by atoms with Gasteiger partial charge >= 0.3 is 0 Å². The van der Waals surface area contributed by atoms with E-state index >= 15 is 0 Å². The van der Waals surface area contributed by atoms with Gasteiger partial charge in [0.15, 0.2) is 0 Å².